The van der Waals surface area contributed by atoms with Crippen LogP contribution < -0.4 is 0 Å². The highest BCUT2D eigenvalue weighted by Crippen LogP contribution is 2.31. The Kier molecular flexibility index (Phi) is 6.37. The summed E-state index contributed by atoms with van der Waals surface area (Å²) in [7, 11) is 0. The van der Waals surface area contributed by atoms with Crippen molar-refractivity contribution in [1.82, 2.24) is 0 Å². The van der Waals surface area contributed by atoms with Crippen molar-refractivity contribution in [2.75, 3.05) is 26.4 Å². The second kappa shape index (κ2) is 7.29. The third kappa shape index (κ3) is 4.06. The maximum Gasteiger partial charge on any atom is 0.0566 e. The Morgan fingerprint density at radius 3 is 2.44 bits per heavy atom. The topological polar surface area (TPSA) is 18.5 Å². The molecule has 0 aromatic carbocycles. The molecule has 0 saturated carbocycles. The van der Waals surface area contributed by atoms with Crippen molar-refractivity contribution in [3.05, 3.63) is 0 Å². The van der Waals surface area contributed by atoms with Crippen LogP contribution in [0.5, 0.6) is 0 Å². The van der Waals surface area contributed by atoms with E-state index < -0.39 is 0 Å². The molecule has 1 aliphatic heterocycles. The van der Waals surface area contributed by atoms with E-state index in [0.29, 0.717) is 5.41 Å². The molecule has 0 radical (unpaired) electrons. The highest BCUT2D eigenvalue weighted by molar-refractivity contribution is 4.83. The minimum atomic E-state index is 0.350. The van der Waals surface area contributed by atoms with Crippen LogP contribution in [-0.2, 0) is 9.47 Å². The van der Waals surface area contributed by atoms with E-state index in [1.165, 1.54) is 32.1 Å². The van der Waals surface area contributed by atoms with E-state index in [0.717, 1.165) is 32.3 Å². The van der Waals surface area contributed by atoms with Gasteiger partial charge in [-0.2, -0.15) is 0 Å². The summed E-state index contributed by atoms with van der Waals surface area (Å²) in [4.78, 5) is 0. The normalized spacial score (nSPS) is 20.4. The molecule has 1 fully saturated rings. The molecule has 2 nitrogen and oxygen atoms in total. The largest absolute Gasteiger partial charge is 0.380 e. The van der Waals surface area contributed by atoms with Gasteiger partial charge < -0.3 is 9.47 Å². The Balaban J connectivity index is 2.12. The van der Waals surface area contributed by atoms with E-state index in [2.05, 4.69) is 20.8 Å². The van der Waals surface area contributed by atoms with Gasteiger partial charge in [-0.3, -0.25) is 0 Å². The van der Waals surface area contributed by atoms with E-state index in [1.54, 1.807) is 0 Å². The molecule has 0 amide bonds. The molecule has 1 aliphatic rings. The second-order valence-electron chi connectivity index (χ2n) is 5.28. The predicted octanol–water partition coefficient (Wildman–Crippen LogP) is 3.65. The Morgan fingerprint density at radius 2 is 2.00 bits per heavy atom. The van der Waals surface area contributed by atoms with Gasteiger partial charge in [0.2, 0.25) is 0 Å². The van der Waals surface area contributed by atoms with Crippen LogP contribution in [0, 0.1) is 11.3 Å². The fraction of sp³-hybridized carbons (Fsp3) is 1.00. The summed E-state index contributed by atoms with van der Waals surface area (Å²) >= 11 is 0. The van der Waals surface area contributed by atoms with Gasteiger partial charge in [0.25, 0.3) is 0 Å². The lowest BCUT2D eigenvalue weighted by atomic mass is 9.84. The molecule has 1 unspecified atom stereocenters. The molecule has 0 aromatic rings. The maximum absolute atomic E-state index is 5.90. The van der Waals surface area contributed by atoms with E-state index in [4.69, 9.17) is 9.47 Å². The van der Waals surface area contributed by atoms with Crippen molar-refractivity contribution in [2.45, 2.75) is 52.9 Å². The summed E-state index contributed by atoms with van der Waals surface area (Å²) in [6, 6.07) is 0. The van der Waals surface area contributed by atoms with Crippen LogP contribution in [0.25, 0.3) is 0 Å². The molecule has 0 spiro atoms. The van der Waals surface area contributed by atoms with Crippen molar-refractivity contribution < 1.29 is 9.47 Å². The van der Waals surface area contributed by atoms with Crippen molar-refractivity contribution in [3.63, 3.8) is 0 Å². The van der Waals surface area contributed by atoms with Gasteiger partial charge in [-0.1, -0.05) is 40.0 Å². The minimum absolute atomic E-state index is 0.350. The Hall–Kier alpha value is -0.0800. The summed E-state index contributed by atoms with van der Waals surface area (Å²) in [5.74, 6) is 0.759. The molecule has 0 aromatic heterocycles. The third-order valence-corrected chi connectivity index (χ3v) is 3.87. The summed E-state index contributed by atoms with van der Waals surface area (Å²) in [6.45, 7) is 10.4. The molecule has 16 heavy (non-hydrogen) atoms. The van der Waals surface area contributed by atoms with E-state index in [1.807, 2.05) is 0 Å². The smallest absolute Gasteiger partial charge is 0.0566 e. The Morgan fingerprint density at radius 1 is 1.25 bits per heavy atom. The molecule has 0 bridgehead atoms. The second-order valence-corrected chi connectivity index (χ2v) is 5.28. The maximum atomic E-state index is 5.90. The van der Waals surface area contributed by atoms with Crippen LogP contribution in [0.4, 0.5) is 0 Å². The lowest BCUT2D eigenvalue weighted by Gasteiger charge is -2.40. The van der Waals surface area contributed by atoms with Gasteiger partial charge in [0, 0.05) is 12.0 Å². The first-order valence-corrected chi connectivity index (χ1v) is 6.91. The first-order valence-electron chi connectivity index (χ1n) is 6.91. The molecule has 96 valence electrons. The highest BCUT2D eigenvalue weighted by Gasteiger charge is 2.37. The molecular weight excluding hydrogens is 200 g/mol. The fourth-order valence-electron chi connectivity index (χ4n) is 2.12. The van der Waals surface area contributed by atoms with Crippen molar-refractivity contribution in [2.24, 2.45) is 11.3 Å². The molecule has 0 N–H and O–H groups in total. The molecule has 1 atom stereocenters. The van der Waals surface area contributed by atoms with Crippen LogP contribution in [0.15, 0.2) is 0 Å². The quantitative estimate of drug-likeness (QED) is 0.600. The standard InChI is InChI=1S/C14H28O2/c1-4-7-8-13(5-2)9-15-10-14(6-3)11-16-12-14/h13H,4-12H2,1-3H3. The molecule has 2 heteroatoms. The SMILES string of the molecule is CCCCC(CC)COCC1(CC)COC1. The molecular formula is C14H28O2. The van der Waals surface area contributed by atoms with Gasteiger partial charge in [0.15, 0.2) is 0 Å². The first kappa shape index (κ1) is 14.0. The lowest BCUT2D eigenvalue weighted by Crippen LogP contribution is -2.46. The fourth-order valence-corrected chi connectivity index (χ4v) is 2.12. The number of unbranched alkanes of at least 4 members (excludes halogenated alkanes) is 1. The Labute approximate surface area is 101 Å². The van der Waals surface area contributed by atoms with Crippen LogP contribution in [0.1, 0.15) is 52.9 Å². The average Bonchev–Trinajstić information content (AvgIpc) is 2.26. The molecule has 1 saturated heterocycles. The highest BCUT2D eigenvalue weighted by atomic mass is 16.5. The number of rotatable bonds is 9. The zero-order valence-corrected chi connectivity index (χ0v) is 11.3. The zero-order valence-electron chi connectivity index (χ0n) is 11.3. The van der Waals surface area contributed by atoms with Crippen LogP contribution >= 0.6 is 0 Å². The van der Waals surface area contributed by atoms with E-state index >= 15 is 0 Å². The van der Waals surface area contributed by atoms with Crippen molar-refractivity contribution in [1.29, 1.82) is 0 Å². The van der Waals surface area contributed by atoms with Gasteiger partial charge in [0.1, 0.15) is 0 Å². The van der Waals surface area contributed by atoms with Crippen LogP contribution in [0.2, 0.25) is 0 Å². The average molecular weight is 228 g/mol. The zero-order chi connectivity index (χ0) is 11.9. The van der Waals surface area contributed by atoms with Gasteiger partial charge in [-0.05, 0) is 18.8 Å². The Bertz CT molecular complexity index is 170. The van der Waals surface area contributed by atoms with Gasteiger partial charge >= 0.3 is 0 Å². The minimum Gasteiger partial charge on any atom is -0.380 e. The summed E-state index contributed by atoms with van der Waals surface area (Å²) in [6.07, 6.45) is 6.38. The number of hydrogen-bond acceptors (Lipinski definition) is 2. The molecule has 1 rings (SSSR count). The van der Waals surface area contributed by atoms with E-state index in [9.17, 15) is 0 Å². The lowest BCUT2D eigenvalue weighted by molar-refractivity contribution is -0.152. The number of hydrogen-bond donors (Lipinski definition) is 0. The van der Waals surface area contributed by atoms with Crippen LogP contribution in [0.3, 0.4) is 0 Å². The summed E-state index contributed by atoms with van der Waals surface area (Å²) in [5.41, 5.74) is 0.350. The first-order chi connectivity index (χ1) is 7.76. The van der Waals surface area contributed by atoms with Crippen LogP contribution in [-0.4, -0.2) is 26.4 Å². The van der Waals surface area contributed by atoms with Gasteiger partial charge in [-0.25, -0.2) is 0 Å². The molecule has 0 aliphatic carbocycles. The third-order valence-electron chi connectivity index (χ3n) is 3.87. The number of ether oxygens (including phenoxy) is 2. The summed E-state index contributed by atoms with van der Waals surface area (Å²) < 4.78 is 11.2. The monoisotopic (exact) mass is 228 g/mol. The molecule has 1 heterocycles. The van der Waals surface area contributed by atoms with Crippen molar-refractivity contribution >= 4 is 0 Å². The van der Waals surface area contributed by atoms with Gasteiger partial charge in [0.05, 0.1) is 19.8 Å². The predicted molar refractivity (Wildman–Crippen MR) is 67.7 cm³/mol. The van der Waals surface area contributed by atoms with Gasteiger partial charge in [-0.15, -0.1) is 0 Å². The van der Waals surface area contributed by atoms with E-state index in [-0.39, 0.29) is 0 Å². The summed E-state index contributed by atoms with van der Waals surface area (Å²) in [5, 5.41) is 0. The van der Waals surface area contributed by atoms with Crippen molar-refractivity contribution in [3.8, 4) is 0 Å².